The third kappa shape index (κ3) is 3.38. The summed E-state index contributed by atoms with van der Waals surface area (Å²) in [6, 6.07) is 13.3. The Balaban J connectivity index is 1.48. The summed E-state index contributed by atoms with van der Waals surface area (Å²) in [4.78, 5) is 2.13. The molecule has 2 heterocycles. The molecule has 1 atom stereocenters. The minimum absolute atomic E-state index is 0.0409. The van der Waals surface area contributed by atoms with Crippen LogP contribution in [0.1, 0.15) is 24.4 Å². The number of fused-ring (bicyclic) bond motifs is 1. The highest BCUT2D eigenvalue weighted by Gasteiger charge is 2.20. The molecular formula is C19H18ClN3O3. The van der Waals surface area contributed by atoms with Crippen LogP contribution in [0.4, 0.5) is 0 Å². The second-order valence-electron chi connectivity index (χ2n) is 6.23. The first-order chi connectivity index (χ1) is 12.6. The van der Waals surface area contributed by atoms with Crippen molar-refractivity contribution in [3.63, 3.8) is 0 Å². The molecule has 0 saturated carbocycles. The van der Waals surface area contributed by atoms with Crippen molar-refractivity contribution in [1.29, 1.82) is 0 Å². The number of ether oxygens (including phenoxy) is 2. The number of nitrogens with zero attached hydrogens (tertiary/aromatic N) is 3. The van der Waals surface area contributed by atoms with Gasteiger partial charge < -0.3 is 13.9 Å². The fraction of sp³-hybridized carbons (Fsp3) is 0.263. The van der Waals surface area contributed by atoms with Crippen molar-refractivity contribution in [3.8, 4) is 23.0 Å². The van der Waals surface area contributed by atoms with Gasteiger partial charge in [-0.15, -0.1) is 10.2 Å². The minimum Gasteiger partial charge on any atom is -0.454 e. The molecule has 6 nitrogen and oxygen atoms in total. The number of hydrogen-bond acceptors (Lipinski definition) is 6. The van der Waals surface area contributed by atoms with Crippen molar-refractivity contribution in [3.05, 3.63) is 58.9 Å². The molecule has 0 radical (unpaired) electrons. The molecule has 3 aromatic rings. The largest absolute Gasteiger partial charge is 0.454 e. The predicted octanol–water partition coefficient (Wildman–Crippen LogP) is 4.31. The van der Waals surface area contributed by atoms with Crippen LogP contribution in [0.25, 0.3) is 11.5 Å². The average molecular weight is 372 g/mol. The molecule has 1 unspecified atom stereocenters. The lowest BCUT2D eigenvalue weighted by atomic mass is 10.1. The fourth-order valence-corrected chi connectivity index (χ4v) is 2.98. The topological polar surface area (TPSA) is 60.6 Å². The zero-order valence-electron chi connectivity index (χ0n) is 14.5. The highest BCUT2D eigenvalue weighted by atomic mass is 35.5. The summed E-state index contributed by atoms with van der Waals surface area (Å²) >= 11 is 6.03. The average Bonchev–Trinajstić information content (AvgIpc) is 3.30. The first-order valence-corrected chi connectivity index (χ1v) is 8.66. The number of benzene rings is 2. The lowest BCUT2D eigenvalue weighted by Gasteiger charge is -2.21. The van der Waals surface area contributed by atoms with Gasteiger partial charge in [-0.05, 0) is 49.9 Å². The summed E-state index contributed by atoms with van der Waals surface area (Å²) in [5.41, 5.74) is 1.93. The fourth-order valence-electron chi connectivity index (χ4n) is 2.79. The molecule has 0 aliphatic carbocycles. The van der Waals surface area contributed by atoms with Crippen molar-refractivity contribution >= 4 is 11.6 Å². The Morgan fingerprint density at radius 3 is 2.81 bits per heavy atom. The van der Waals surface area contributed by atoms with Crippen LogP contribution in [0.3, 0.4) is 0 Å². The van der Waals surface area contributed by atoms with Crippen LogP contribution < -0.4 is 9.47 Å². The second-order valence-corrected chi connectivity index (χ2v) is 6.67. The number of rotatable bonds is 5. The second kappa shape index (κ2) is 6.97. The van der Waals surface area contributed by atoms with Gasteiger partial charge in [0.25, 0.3) is 0 Å². The van der Waals surface area contributed by atoms with Gasteiger partial charge in [0.2, 0.25) is 18.6 Å². The molecule has 0 bridgehead atoms. The number of hydrogen-bond donors (Lipinski definition) is 0. The Labute approximate surface area is 156 Å². The van der Waals surface area contributed by atoms with Gasteiger partial charge in [-0.3, -0.25) is 4.90 Å². The zero-order valence-corrected chi connectivity index (χ0v) is 15.2. The molecule has 2 aromatic carbocycles. The van der Waals surface area contributed by atoms with Crippen LogP contribution in [-0.4, -0.2) is 28.9 Å². The van der Waals surface area contributed by atoms with Gasteiger partial charge in [0.05, 0.1) is 6.04 Å². The summed E-state index contributed by atoms with van der Waals surface area (Å²) in [6.45, 7) is 3.02. The first-order valence-electron chi connectivity index (χ1n) is 8.28. The van der Waals surface area contributed by atoms with Gasteiger partial charge in [-0.1, -0.05) is 23.7 Å². The molecule has 1 aliphatic heterocycles. The van der Waals surface area contributed by atoms with Gasteiger partial charge in [-0.2, -0.15) is 0 Å². The molecule has 0 spiro atoms. The van der Waals surface area contributed by atoms with E-state index in [-0.39, 0.29) is 12.8 Å². The van der Waals surface area contributed by atoms with Gasteiger partial charge in [-0.25, -0.2) is 0 Å². The van der Waals surface area contributed by atoms with Crippen molar-refractivity contribution in [2.75, 3.05) is 13.8 Å². The maximum atomic E-state index is 6.03. The Kier molecular flexibility index (Phi) is 4.53. The van der Waals surface area contributed by atoms with Crippen LogP contribution >= 0.6 is 11.6 Å². The molecule has 7 heteroatoms. The third-order valence-corrected chi connectivity index (χ3v) is 4.63. The molecule has 0 saturated heterocycles. The van der Waals surface area contributed by atoms with E-state index in [0.29, 0.717) is 23.3 Å². The van der Waals surface area contributed by atoms with Crippen LogP contribution in [0.2, 0.25) is 5.02 Å². The van der Waals surface area contributed by atoms with E-state index in [1.54, 1.807) is 6.07 Å². The van der Waals surface area contributed by atoms with Crippen molar-refractivity contribution in [2.45, 2.75) is 19.5 Å². The van der Waals surface area contributed by atoms with E-state index in [1.807, 2.05) is 50.4 Å². The van der Waals surface area contributed by atoms with Gasteiger partial charge >= 0.3 is 0 Å². The normalized spacial score (nSPS) is 14.0. The quantitative estimate of drug-likeness (QED) is 0.666. The Bertz CT molecular complexity index is 928. The first kappa shape index (κ1) is 16.9. The van der Waals surface area contributed by atoms with Crippen molar-refractivity contribution in [2.24, 2.45) is 0 Å². The lowest BCUT2D eigenvalue weighted by Crippen LogP contribution is -2.22. The molecule has 4 rings (SSSR count). The summed E-state index contributed by atoms with van der Waals surface area (Å²) in [6.07, 6.45) is 0. The molecule has 0 N–H and O–H groups in total. The van der Waals surface area contributed by atoms with Crippen LogP contribution in [0, 0.1) is 0 Å². The maximum Gasteiger partial charge on any atom is 0.247 e. The van der Waals surface area contributed by atoms with Crippen LogP contribution in [-0.2, 0) is 6.54 Å². The predicted molar refractivity (Wildman–Crippen MR) is 97.2 cm³/mol. The van der Waals surface area contributed by atoms with Gasteiger partial charge in [0.15, 0.2) is 11.5 Å². The standard InChI is InChI=1S/C19H18ClN3O3/c1-12(18-21-22-19(26-18)14-4-3-5-15(20)9-14)23(2)10-13-6-7-16-17(8-13)25-11-24-16/h3-9,12H,10-11H2,1-2H3. The number of halogens is 1. The van der Waals surface area contributed by atoms with E-state index in [0.717, 1.165) is 22.6 Å². The lowest BCUT2D eigenvalue weighted by molar-refractivity contribution is 0.174. The molecular weight excluding hydrogens is 354 g/mol. The van der Waals surface area contributed by atoms with E-state index >= 15 is 0 Å². The SMILES string of the molecule is CC(c1nnc(-c2cccc(Cl)c2)o1)N(C)Cc1ccc2c(c1)OCO2. The molecule has 26 heavy (non-hydrogen) atoms. The smallest absolute Gasteiger partial charge is 0.247 e. The third-order valence-electron chi connectivity index (χ3n) is 4.40. The summed E-state index contributed by atoms with van der Waals surface area (Å²) in [5, 5.41) is 8.98. The molecule has 0 amide bonds. The highest BCUT2D eigenvalue weighted by Crippen LogP contribution is 2.33. The Morgan fingerprint density at radius 1 is 1.12 bits per heavy atom. The summed E-state index contributed by atoms with van der Waals surface area (Å²) in [5.74, 6) is 2.59. The molecule has 1 aromatic heterocycles. The summed E-state index contributed by atoms with van der Waals surface area (Å²) < 4.78 is 16.6. The molecule has 0 fully saturated rings. The van der Waals surface area contributed by atoms with E-state index in [2.05, 4.69) is 15.1 Å². The van der Waals surface area contributed by atoms with E-state index in [4.69, 9.17) is 25.5 Å². The van der Waals surface area contributed by atoms with Gasteiger partial charge in [0.1, 0.15) is 0 Å². The maximum absolute atomic E-state index is 6.03. The van der Waals surface area contributed by atoms with E-state index < -0.39 is 0 Å². The minimum atomic E-state index is -0.0409. The van der Waals surface area contributed by atoms with Crippen molar-refractivity contribution in [1.82, 2.24) is 15.1 Å². The summed E-state index contributed by atoms with van der Waals surface area (Å²) in [7, 11) is 2.01. The van der Waals surface area contributed by atoms with Crippen LogP contribution in [0.15, 0.2) is 46.9 Å². The Hall–Kier alpha value is -2.57. The van der Waals surface area contributed by atoms with Crippen LogP contribution in [0.5, 0.6) is 11.5 Å². The van der Waals surface area contributed by atoms with Crippen molar-refractivity contribution < 1.29 is 13.9 Å². The number of aromatic nitrogens is 2. The Morgan fingerprint density at radius 2 is 1.96 bits per heavy atom. The molecule has 134 valence electrons. The van der Waals surface area contributed by atoms with E-state index in [9.17, 15) is 0 Å². The monoisotopic (exact) mass is 371 g/mol. The van der Waals surface area contributed by atoms with E-state index in [1.165, 1.54) is 0 Å². The van der Waals surface area contributed by atoms with Gasteiger partial charge in [0, 0.05) is 17.1 Å². The highest BCUT2D eigenvalue weighted by molar-refractivity contribution is 6.30. The molecule has 1 aliphatic rings. The zero-order chi connectivity index (χ0) is 18.1.